The first kappa shape index (κ1) is 15.0. The standard InChI is InChI=1S/C15H17N5O3/c16-15(22)20-6-1-2-12(20)9-23-14(21)11-3-4-18-13(8-11)19-7-5-17-10-19/h3-5,7-8,10,12H,1-2,6,9H2,(H2,16,22). The van der Waals surface area contributed by atoms with Gasteiger partial charge in [-0.3, -0.25) is 4.57 Å². The number of hydrogen-bond donors (Lipinski definition) is 1. The summed E-state index contributed by atoms with van der Waals surface area (Å²) in [6, 6.07) is 2.59. The van der Waals surface area contributed by atoms with Gasteiger partial charge in [-0.15, -0.1) is 0 Å². The lowest BCUT2D eigenvalue weighted by Crippen LogP contribution is -2.41. The van der Waals surface area contributed by atoms with Gasteiger partial charge in [0, 0.05) is 25.1 Å². The van der Waals surface area contributed by atoms with E-state index in [-0.39, 0.29) is 12.6 Å². The largest absolute Gasteiger partial charge is 0.460 e. The molecule has 0 saturated carbocycles. The molecule has 1 aliphatic heterocycles. The number of amides is 2. The highest BCUT2D eigenvalue weighted by molar-refractivity contribution is 5.89. The van der Waals surface area contributed by atoms with E-state index >= 15 is 0 Å². The molecule has 0 radical (unpaired) electrons. The van der Waals surface area contributed by atoms with Gasteiger partial charge in [0.05, 0.1) is 11.6 Å². The van der Waals surface area contributed by atoms with Gasteiger partial charge in [0.1, 0.15) is 18.8 Å². The molecule has 1 aliphatic rings. The Bertz CT molecular complexity index is 701. The van der Waals surface area contributed by atoms with Crippen molar-refractivity contribution in [3.8, 4) is 5.82 Å². The zero-order valence-corrected chi connectivity index (χ0v) is 12.5. The summed E-state index contributed by atoms with van der Waals surface area (Å²) < 4.78 is 7.02. The molecule has 3 heterocycles. The van der Waals surface area contributed by atoms with E-state index in [4.69, 9.17) is 10.5 Å². The van der Waals surface area contributed by atoms with Crippen molar-refractivity contribution in [1.82, 2.24) is 19.4 Å². The van der Waals surface area contributed by atoms with Crippen molar-refractivity contribution in [1.29, 1.82) is 0 Å². The fourth-order valence-electron chi connectivity index (χ4n) is 2.64. The Morgan fingerprint density at radius 1 is 1.39 bits per heavy atom. The van der Waals surface area contributed by atoms with Gasteiger partial charge in [-0.05, 0) is 25.0 Å². The number of aromatic nitrogens is 3. The average Bonchev–Trinajstić information content (AvgIpc) is 3.24. The molecule has 0 spiro atoms. The highest BCUT2D eigenvalue weighted by Gasteiger charge is 2.28. The molecule has 1 atom stereocenters. The van der Waals surface area contributed by atoms with Crippen molar-refractivity contribution in [3.63, 3.8) is 0 Å². The second-order valence-corrected chi connectivity index (χ2v) is 5.30. The van der Waals surface area contributed by atoms with Crippen molar-refractivity contribution in [2.24, 2.45) is 5.73 Å². The topological polar surface area (TPSA) is 103 Å². The number of imidazole rings is 1. The molecule has 23 heavy (non-hydrogen) atoms. The van der Waals surface area contributed by atoms with Crippen LogP contribution in [0.5, 0.6) is 0 Å². The van der Waals surface area contributed by atoms with Crippen LogP contribution in [0.2, 0.25) is 0 Å². The van der Waals surface area contributed by atoms with Crippen LogP contribution < -0.4 is 5.73 Å². The molecule has 3 rings (SSSR count). The van der Waals surface area contributed by atoms with Crippen LogP contribution >= 0.6 is 0 Å². The van der Waals surface area contributed by atoms with E-state index in [9.17, 15) is 9.59 Å². The Labute approximate surface area is 132 Å². The molecular weight excluding hydrogens is 298 g/mol. The molecule has 1 saturated heterocycles. The number of esters is 1. The lowest BCUT2D eigenvalue weighted by atomic mass is 10.2. The first-order valence-corrected chi connectivity index (χ1v) is 7.33. The fraction of sp³-hybridized carbons (Fsp3) is 0.333. The smallest absolute Gasteiger partial charge is 0.338 e. The number of likely N-dealkylation sites (tertiary alicyclic amines) is 1. The zero-order chi connectivity index (χ0) is 16.2. The molecule has 2 aromatic heterocycles. The van der Waals surface area contributed by atoms with Crippen LogP contribution in [0.1, 0.15) is 23.2 Å². The number of carbonyl (C=O) groups excluding carboxylic acids is 2. The molecule has 1 fully saturated rings. The number of rotatable bonds is 4. The zero-order valence-electron chi connectivity index (χ0n) is 12.5. The van der Waals surface area contributed by atoms with Gasteiger partial charge in [-0.1, -0.05) is 0 Å². The molecule has 2 aromatic rings. The summed E-state index contributed by atoms with van der Waals surface area (Å²) in [4.78, 5) is 33.1. The first-order chi connectivity index (χ1) is 11.1. The minimum atomic E-state index is -0.477. The summed E-state index contributed by atoms with van der Waals surface area (Å²) >= 11 is 0. The van der Waals surface area contributed by atoms with Crippen molar-refractivity contribution in [3.05, 3.63) is 42.6 Å². The summed E-state index contributed by atoms with van der Waals surface area (Å²) in [6.45, 7) is 0.752. The van der Waals surface area contributed by atoms with Crippen molar-refractivity contribution >= 4 is 12.0 Å². The third-order valence-corrected chi connectivity index (χ3v) is 3.82. The predicted molar refractivity (Wildman–Crippen MR) is 81.0 cm³/mol. The van der Waals surface area contributed by atoms with Gasteiger partial charge >= 0.3 is 12.0 Å². The molecule has 2 N–H and O–H groups in total. The SMILES string of the molecule is NC(=O)N1CCCC1COC(=O)c1ccnc(-n2ccnc2)c1. The van der Waals surface area contributed by atoms with Gasteiger partial charge in [0.15, 0.2) is 0 Å². The number of nitrogens with zero attached hydrogens (tertiary/aromatic N) is 4. The Morgan fingerprint density at radius 2 is 2.26 bits per heavy atom. The molecule has 0 aliphatic carbocycles. The molecule has 2 amide bonds. The van der Waals surface area contributed by atoms with E-state index in [1.165, 1.54) is 11.1 Å². The van der Waals surface area contributed by atoms with Crippen molar-refractivity contribution < 1.29 is 14.3 Å². The summed E-state index contributed by atoms with van der Waals surface area (Å²) in [5.74, 6) is 0.127. The van der Waals surface area contributed by atoms with Crippen LogP contribution in [0.15, 0.2) is 37.1 Å². The number of hydrogen-bond acceptors (Lipinski definition) is 5. The number of urea groups is 1. The van der Waals surface area contributed by atoms with Crippen LogP contribution in [0.4, 0.5) is 4.79 Å². The second kappa shape index (κ2) is 6.47. The normalized spacial score (nSPS) is 17.2. The van der Waals surface area contributed by atoms with Gasteiger partial charge in [0.25, 0.3) is 0 Å². The Morgan fingerprint density at radius 3 is 3.00 bits per heavy atom. The van der Waals surface area contributed by atoms with Crippen molar-refractivity contribution in [2.45, 2.75) is 18.9 Å². The minimum Gasteiger partial charge on any atom is -0.460 e. The van der Waals surface area contributed by atoms with Crippen LogP contribution in [0.3, 0.4) is 0 Å². The molecule has 1 unspecified atom stereocenters. The molecular formula is C15H17N5O3. The predicted octanol–water partition coefficient (Wildman–Crippen LogP) is 0.967. The number of ether oxygens (including phenoxy) is 1. The lowest BCUT2D eigenvalue weighted by Gasteiger charge is -2.22. The number of nitrogens with two attached hydrogens (primary N) is 1. The highest BCUT2D eigenvalue weighted by Crippen LogP contribution is 2.17. The van der Waals surface area contributed by atoms with Gasteiger partial charge in [0.2, 0.25) is 0 Å². The maximum absolute atomic E-state index is 12.2. The third-order valence-electron chi connectivity index (χ3n) is 3.82. The quantitative estimate of drug-likeness (QED) is 0.847. The van der Waals surface area contributed by atoms with E-state index in [0.29, 0.717) is 17.9 Å². The van der Waals surface area contributed by atoms with Gasteiger partial charge < -0.3 is 15.4 Å². The van der Waals surface area contributed by atoms with Crippen LogP contribution in [-0.4, -0.2) is 50.6 Å². The summed E-state index contributed by atoms with van der Waals surface area (Å²) in [7, 11) is 0. The second-order valence-electron chi connectivity index (χ2n) is 5.30. The van der Waals surface area contributed by atoms with Crippen LogP contribution in [0.25, 0.3) is 5.82 Å². The fourth-order valence-corrected chi connectivity index (χ4v) is 2.64. The van der Waals surface area contributed by atoms with E-state index in [1.807, 2.05) is 0 Å². The van der Waals surface area contributed by atoms with Crippen LogP contribution in [0, 0.1) is 0 Å². The van der Waals surface area contributed by atoms with Crippen molar-refractivity contribution in [2.75, 3.05) is 13.2 Å². The Balaban J connectivity index is 1.65. The summed E-state index contributed by atoms with van der Waals surface area (Å²) in [5.41, 5.74) is 5.70. The average molecular weight is 315 g/mol. The van der Waals surface area contributed by atoms with E-state index in [2.05, 4.69) is 9.97 Å². The Kier molecular flexibility index (Phi) is 4.22. The van der Waals surface area contributed by atoms with E-state index in [1.54, 1.807) is 35.4 Å². The molecule has 8 heteroatoms. The minimum absolute atomic E-state index is 0.143. The van der Waals surface area contributed by atoms with Gasteiger partial charge in [-0.2, -0.15) is 0 Å². The van der Waals surface area contributed by atoms with Gasteiger partial charge in [-0.25, -0.2) is 19.6 Å². The lowest BCUT2D eigenvalue weighted by molar-refractivity contribution is 0.0422. The highest BCUT2D eigenvalue weighted by atomic mass is 16.5. The van der Waals surface area contributed by atoms with Crippen LogP contribution in [-0.2, 0) is 4.74 Å². The monoisotopic (exact) mass is 315 g/mol. The number of carbonyl (C=O) groups is 2. The molecule has 120 valence electrons. The molecule has 8 nitrogen and oxygen atoms in total. The molecule has 0 bridgehead atoms. The summed E-state index contributed by atoms with van der Waals surface area (Å²) in [6.07, 6.45) is 8.15. The Hall–Kier alpha value is -2.90. The maximum Gasteiger partial charge on any atom is 0.338 e. The van der Waals surface area contributed by atoms with E-state index in [0.717, 1.165) is 12.8 Å². The molecule has 0 aromatic carbocycles. The van der Waals surface area contributed by atoms with E-state index < -0.39 is 12.0 Å². The first-order valence-electron chi connectivity index (χ1n) is 7.33. The third kappa shape index (κ3) is 3.31. The summed E-state index contributed by atoms with van der Waals surface area (Å²) in [5, 5.41) is 0. The maximum atomic E-state index is 12.2. The number of primary amides is 1. The number of pyridine rings is 1.